The summed E-state index contributed by atoms with van der Waals surface area (Å²) >= 11 is 0. The molecule has 1 atom stereocenters. The number of hydrogen-bond acceptors (Lipinski definition) is 6. The van der Waals surface area contributed by atoms with Gasteiger partial charge >= 0.3 is 0 Å². The second-order valence-corrected chi connectivity index (χ2v) is 7.66. The van der Waals surface area contributed by atoms with Gasteiger partial charge in [-0.1, -0.05) is 0 Å². The minimum Gasteiger partial charge on any atom is -0.497 e. The van der Waals surface area contributed by atoms with Crippen LogP contribution in [0.1, 0.15) is 25.7 Å². The van der Waals surface area contributed by atoms with Crippen molar-refractivity contribution >= 4 is 16.8 Å². The number of carbonyl (C=O) groups excluding carboxylic acids is 1. The maximum absolute atomic E-state index is 12.5. The zero-order valence-corrected chi connectivity index (χ0v) is 16.7. The number of piperidine rings is 1. The molecule has 3 heterocycles. The first-order valence-electron chi connectivity index (χ1n) is 10.2. The van der Waals surface area contributed by atoms with Crippen molar-refractivity contribution in [1.29, 1.82) is 5.26 Å². The van der Waals surface area contributed by atoms with Crippen molar-refractivity contribution in [3.05, 3.63) is 30.5 Å². The number of methoxy groups -OCH3 is 1. The fourth-order valence-electron chi connectivity index (χ4n) is 4.18. The molecule has 7 nitrogen and oxygen atoms in total. The Morgan fingerprint density at radius 1 is 1.24 bits per heavy atom. The molecule has 1 aromatic heterocycles. The Kier molecular flexibility index (Phi) is 5.81. The van der Waals surface area contributed by atoms with Crippen LogP contribution in [-0.4, -0.2) is 66.1 Å². The first-order valence-corrected chi connectivity index (χ1v) is 10.2. The number of carbonyl (C=O) groups is 1. The lowest BCUT2D eigenvalue weighted by molar-refractivity contribution is -0.132. The van der Waals surface area contributed by atoms with E-state index in [1.54, 1.807) is 18.2 Å². The molecular weight excluding hydrogens is 368 g/mol. The third-order valence-corrected chi connectivity index (χ3v) is 5.82. The van der Waals surface area contributed by atoms with Gasteiger partial charge in [0.1, 0.15) is 23.6 Å². The van der Waals surface area contributed by atoms with Crippen LogP contribution >= 0.6 is 0 Å². The number of fused-ring (bicyclic) bond motifs is 1. The lowest BCUT2D eigenvalue weighted by Gasteiger charge is -2.33. The molecule has 2 aliphatic heterocycles. The van der Waals surface area contributed by atoms with E-state index < -0.39 is 0 Å². The number of pyridine rings is 1. The van der Waals surface area contributed by atoms with Crippen LogP contribution in [0.4, 0.5) is 0 Å². The van der Waals surface area contributed by atoms with Crippen molar-refractivity contribution in [3.63, 3.8) is 0 Å². The number of likely N-dealkylation sites (tertiary alicyclic amines) is 2. The van der Waals surface area contributed by atoms with Crippen LogP contribution in [0.3, 0.4) is 0 Å². The van der Waals surface area contributed by atoms with Gasteiger partial charge in [-0.15, -0.1) is 0 Å². The first-order chi connectivity index (χ1) is 14.2. The van der Waals surface area contributed by atoms with Crippen molar-refractivity contribution in [2.24, 2.45) is 0 Å². The molecule has 0 radical (unpaired) electrons. The number of benzene rings is 1. The molecular formula is C22H26N4O3. The Morgan fingerprint density at radius 3 is 2.83 bits per heavy atom. The van der Waals surface area contributed by atoms with E-state index in [0.717, 1.165) is 61.2 Å². The number of amides is 1. The Hall–Kier alpha value is -2.85. The molecule has 1 amide bonds. The smallest absolute Gasteiger partial charge is 0.237 e. The summed E-state index contributed by atoms with van der Waals surface area (Å²) < 4.78 is 11.6. The summed E-state index contributed by atoms with van der Waals surface area (Å²) in [7, 11) is 1.65. The fraction of sp³-hybridized carbons (Fsp3) is 0.500. The van der Waals surface area contributed by atoms with Crippen molar-refractivity contribution in [1.82, 2.24) is 14.8 Å². The third-order valence-electron chi connectivity index (χ3n) is 5.82. The minimum atomic E-state index is -0.250. The van der Waals surface area contributed by atoms with Gasteiger partial charge in [-0.3, -0.25) is 14.7 Å². The average Bonchev–Trinajstić information content (AvgIpc) is 3.24. The number of aromatic nitrogens is 1. The molecule has 1 aromatic carbocycles. The molecule has 0 N–H and O–H groups in total. The summed E-state index contributed by atoms with van der Waals surface area (Å²) in [6.07, 6.45) is 5.31. The Balaban J connectivity index is 1.34. The fourth-order valence-corrected chi connectivity index (χ4v) is 4.18. The summed E-state index contributed by atoms with van der Waals surface area (Å²) in [5.74, 6) is 1.67. The molecule has 0 spiro atoms. The molecule has 2 aromatic rings. The zero-order chi connectivity index (χ0) is 20.2. The summed E-state index contributed by atoms with van der Waals surface area (Å²) in [6, 6.07) is 9.67. The number of rotatable bonds is 5. The molecule has 4 rings (SSSR count). The van der Waals surface area contributed by atoms with E-state index in [2.05, 4.69) is 16.0 Å². The van der Waals surface area contributed by atoms with E-state index >= 15 is 0 Å². The Labute approximate surface area is 170 Å². The van der Waals surface area contributed by atoms with E-state index in [-0.39, 0.29) is 18.1 Å². The number of nitrogens with zero attached hydrogens (tertiary/aromatic N) is 4. The Bertz CT molecular complexity index is 918. The van der Waals surface area contributed by atoms with Crippen LogP contribution in [0.15, 0.2) is 30.5 Å². The minimum absolute atomic E-state index is 0.0700. The van der Waals surface area contributed by atoms with Gasteiger partial charge in [0.2, 0.25) is 5.91 Å². The van der Waals surface area contributed by atoms with Gasteiger partial charge in [-0.05, 0) is 49.9 Å². The molecule has 152 valence electrons. The van der Waals surface area contributed by atoms with Crippen LogP contribution in [0.25, 0.3) is 10.9 Å². The average molecular weight is 394 g/mol. The molecule has 2 saturated heterocycles. The molecule has 1 unspecified atom stereocenters. The van der Waals surface area contributed by atoms with Gasteiger partial charge in [0.05, 0.1) is 25.2 Å². The van der Waals surface area contributed by atoms with Gasteiger partial charge in [0, 0.05) is 31.2 Å². The van der Waals surface area contributed by atoms with Gasteiger partial charge in [0.15, 0.2) is 0 Å². The number of nitriles is 1. The van der Waals surface area contributed by atoms with Gasteiger partial charge in [-0.25, -0.2) is 0 Å². The lowest BCUT2D eigenvalue weighted by atomic mass is 10.1. The summed E-state index contributed by atoms with van der Waals surface area (Å²) in [6.45, 7) is 2.72. The Morgan fingerprint density at radius 2 is 2.07 bits per heavy atom. The number of hydrogen-bond donors (Lipinski definition) is 0. The normalized spacial score (nSPS) is 20.6. The predicted molar refractivity (Wildman–Crippen MR) is 109 cm³/mol. The van der Waals surface area contributed by atoms with Crippen LogP contribution in [0.5, 0.6) is 11.5 Å². The first kappa shape index (κ1) is 19.5. The molecule has 0 bridgehead atoms. The lowest BCUT2D eigenvalue weighted by Crippen LogP contribution is -2.46. The molecule has 29 heavy (non-hydrogen) atoms. The maximum atomic E-state index is 12.5. The highest BCUT2D eigenvalue weighted by molar-refractivity contribution is 5.86. The van der Waals surface area contributed by atoms with Crippen LogP contribution in [0, 0.1) is 11.3 Å². The third kappa shape index (κ3) is 4.28. The van der Waals surface area contributed by atoms with E-state index in [9.17, 15) is 10.1 Å². The van der Waals surface area contributed by atoms with E-state index in [1.807, 2.05) is 24.3 Å². The summed E-state index contributed by atoms with van der Waals surface area (Å²) in [5.41, 5.74) is 0.879. The SMILES string of the molecule is COc1ccc2nccc(OC3CCN(CC(=O)N4CCCC4C#N)CC3)c2c1. The van der Waals surface area contributed by atoms with Gasteiger partial charge in [-0.2, -0.15) is 5.26 Å². The molecule has 2 fully saturated rings. The van der Waals surface area contributed by atoms with Gasteiger partial charge < -0.3 is 14.4 Å². The standard InChI is InChI=1S/C22H26N4O3/c1-28-18-4-5-20-19(13-18)21(6-9-24-20)29-17-7-11-25(12-8-17)15-22(27)26-10-2-3-16(26)14-23/h4-6,9,13,16-17H,2-3,7-8,10-12,15H2,1H3. The van der Waals surface area contributed by atoms with Crippen molar-refractivity contribution in [3.8, 4) is 17.6 Å². The zero-order valence-electron chi connectivity index (χ0n) is 16.7. The van der Waals surface area contributed by atoms with E-state index in [0.29, 0.717) is 13.1 Å². The molecule has 0 saturated carbocycles. The van der Waals surface area contributed by atoms with Crippen LogP contribution in [-0.2, 0) is 4.79 Å². The quantitative estimate of drug-likeness (QED) is 0.776. The topological polar surface area (TPSA) is 78.7 Å². The highest BCUT2D eigenvalue weighted by Gasteiger charge is 2.30. The molecule has 0 aliphatic carbocycles. The van der Waals surface area contributed by atoms with Crippen LogP contribution < -0.4 is 9.47 Å². The maximum Gasteiger partial charge on any atom is 0.237 e. The van der Waals surface area contributed by atoms with Crippen molar-refractivity contribution < 1.29 is 14.3 Å². The summed E-state index contributed by atoms with van der Waals surface area (Å²) in [4.78, 5) is 20.8. The predicted octanol–water partition coefficient (Wildman–Crippen LogP) is 2.60. The van der Waals surface area contributed by atoms with Gasteiger partial charge in [0.25, 0.3) is 0 Å². The second-order valence-electron chi connectivity index (χ2n) is 7.66. The highest BCUT2D eigenvalue weighted by Crippen LogP contribution is 2.30. The number of ether oxygens (including phenoxy) is 2. The molecule has 7 heteroatoms. The largest absolute Gasteiger partial charge is 0.497 e. The van der Waals surface area contributed by atoms with Crippen LogP contribution in [0.2, 0.25) is 0 Å². The summed E-state index contributed by atoms with van der Waals surface area (Å²) in [5, 5.41) is 10.1. The second kappa shape index (κ2) is 8.66. The van der Waals surface area contributed by atoms with E-state index in [1.165, 1.54) is 0 Å². The highest BCUT2D eigenvalue weighted by atomic mass is 16.5. The monoisotopic (exact) mass is 394 g/mol. The molecule has 2 aliphatic rings. The van der Waals surface area contributed by atoms with E-state index in [4.69, 9.17) is 9.47 Å². The van der Waals surface area contributed by atoms with Crippen molar-refractivity contribution in [2.75, 3.05) is 33.3 Å². The van der Waals surface area contributed by atoms with Crippen molar-refractivity contribution in [2.45, 2.75) is 37.8 Å².